The number of benzene rings is 2. The molecular formula is C20H20FNO2. The van der Waals surface area contributed by atoms with Gasteiger partial charge in [0.15, 0.2) is 0 Å². The molecule has 3 nitrogen and oxygen atoms in total. The molecule has 3 rings (SSSR count). The lowest BCUT2D eigenvalue weighted by atomic mass is 10.0. The first-order valence-corrected chi connectivity index (χ1v) is 7.95. The molecule has 0 amide bonds. The second-order valence-electron chi connectivity index (χ2n) is 5.77. The quantitative estimate of drug-likeness (QED) is 0.710. The molecule has 1 aromatic heterocycles. The maximum Gasteiger partial charge on any atom is 0.137 e. The summed E-state index contributed by atoms with van der Waals surface area (Å²) in [4.78, 5) is 0. The average molecular weight is 325 g/mol. The number of aliphatic hydroxyl groups is 1. The molecule has 0 radical (unpaired) electrons. The molecule has 0 unspecified atom stereocenters. The smallest absolute Gasteiger partial charge is 0.137 e. The molecule has 0 aliphatic carbocycles. The van der Waals surface area contributed by atoms with Gasteiger partial charge in [-0.3, -0.25) is 0 Å². The highest BCUT2D eigenvalue weighted by atomic mass is 19.1. The number of hydrogen-bond acceptors (Lipinski definition) is 3. The minimum Gasteiger partial charge on any atom is -0.460 e. The predicted octanol–water partition coefficient (Wildman–Crippen LogP) is 4.30. The summed E-state index contributed by atoms with van der Waals surface area (Å²) in [5.41, 5.74) is 1.31. The molecule has 2 atom stereocenters. The SMILES string of the molecule is C[C@@H](NCc1ccc(-c2ccccc2F)o1)[C@@H](O)c1ccccc1. The van der Waals surface area contributed by atoms with Gasteiger partial charge in [0.05, 0.1) is 18.2 Å². The lowest BCUT2D eigenvalue weighted by Gasteiger charge is -2.20. The van der Waals surface area contributed by atoms with Crippen LogP contribution in [0.25, 0.3) is 11.3 Å². The van der Waals surface area contributed by atoms with Gasteiger partial charge in [-0.25, -0.2) is 4.39 Å². The largest absolute Gasteiger partial charge is 0.460 e. The average Bonchev–Trinajstić information content (AvgIpc) is 3.09. The van der Waals surface area contributed by atoms with Gasteiger partial charge >= 0.3 is 0 Å². The number of hydrogen-bond donors (Lipinski definition) is 2. The third-order valence-corrected chi connectivity index (χ3v) is 4.01. The third-order valence-electron chi connectivity index (χ3n) is 4.01. The Hall–Kier alpha value is -2.43. The van der Waals surface area contributed by atoms with Crippen molar-refractivity contribution in [1.82, 2.24) is 5.32 Å². The normalized spacial score (nSPS) is 13.6. The molecule has 0 saturated heterocycles. The maximum atomic E-state index is 13.8. The molecule has 1 heterocycles. The van der Waals surface area contributed by atoms with Crippen molar-refractivity contribution >= 4 is 0 Å². The van der Waals surface area contributed by atoms with Gasteiger partial charge in [-0.1, -0.05) is 42.5 Å². The van der Waals surface area contributed by atoms with Crippen molar-refractivity contribution in [3.8, 4) is 11.3 Å². The molecule has 0 bridgehead atoms. The number of rotatable bonds is 6. The number of aliphatic hydroxyl groups excluding tert-OH is 1. The van der Waals surface area contributed by atoms with Crippen molar-refractivity contribution in [3.05, 3.63) is 83.9 Å². The van der Waals surface area contributed by atoms with E-state index in [1.165, 1.54) is 6.07 Å². The molecule has 124 valence electrons. The van der Waals surface area contributed by atoms with E-state index in [-0.39, 0.29) is 11.9 Å². The monoisotopic (exact) mass is 325 g/mol. The summed E-state index contributed by atoms with van der Waals surface area (Å²) in [5.74, 6) is 0.890. The molecule has 0 fully saturated rings. The Morgan fingerprint density at radius 1 is 1.00 bits per heavy atom. The van der Waals surface area contributed by atoms with Crippen LogP contribution in [0.2, 0.25) is 0 Å². The molecule has 2 N–H and O–H groups in total. The summed E-state index contributed by atoms with van der Waals surface area (Å²) in [5, 5.41) is 13.6. The minimum atomic E-state index is -0.604. The van der Waals surface area contributed by atoms with E-state index in [1.54, 1.807) is 24.3 Å². The van der Waals surface area contributed by atoms with E-state index in [0.29, 0.717) is 23.6 Å². The van der Waals surface area contributed by atoms with Crippen LogP contribution in [0.3, 0.4) is 0 Å². The van der Waals surface area contributed by atoms with Crippen LogP contribution in [0.1, 0.15) is 24.4 Å². The number of halogens is 1. The topological polar surface area (TPSA) is 45.4 Å². The lowest BCUT2D eigenvalue weighted by Crippen LogP contribution is -2.31. The molecule has 0 saturated carbocycles. The standard InChI is InChI=1S/C20H20FNO2/c1-14(20(23)15-7-3-2-4-8-15)22-13-16-11-12-19(24-16)17-9-5-6-10-18(17)21/h2-12,14,20,22-23H,13H2,1H3/t14-,20-/m1/s1. The van der Waals surface area contributed by atoms with Gasteiger partial charge in [0, 0.05) is 6.04 Å². The van der Waals surface area contributed by atoms with Gasteiger partial charge in [0.25, 0.3) is 0 Å². The molecule has 3 aromatic rings. The molecular weight excluding hydrogens is 305 g/mol. The van der Waals surface area contributed by atoms with Crippen LogP contribution in [0.4, 0.5) is 4.39 Å². The van der Waals surface area contributed by atoms with Crippen LogP contribution in [0.5, 0.6) is 0 Å². The Morgan fingerprint density at radius 3 is 2.46 bits per heavy atom. The fourth-order valence-electron chi connectivity index (χ4n) is 2.59. The van der Waals surface area contributed by atoms with Crippen LogP contribution in [0.15, 0.2) is 71.1 Å². The summed E-state index contributed by atoms with van der Waals surface area (Å²) in [6, 6.07) is 19.5. The van der Waals surface area contributed by atoms with Crippen molar-refractivity contribution in [1.29, 1.82) is 0 Å². The van der Waals surface area contributed by atoms with Crippen LogP contribution in [0, 0.1) is 5.82 Å². The second-order valence-corrected chi connectivity index (χ2v) is 5.77. The van der Waals surface area contributed by atoms with Gasteiger partial charge in [-0.15, -0.1) is 0 Å². The second kappa shape index (κ2) is 7.43. The molecule has 24 heavy (non-hydrogen) atoms. The zero-order chi connectivity index (χ0) is 16.9. The molecule has 2 aromatic carbocycles. The Kier molecular flexibility index (Phi) is 5.08. The fourth-order valence-corrected chi connectivity index (χ4v) is 2.59. The van der Waals surface area contributed by atoms with Gasteiger partial charge in [0.2, 0.25) is 0 Å². The van der Waals surface area contributed by atoms with Crippen molar-refractivity contribution in [3.63, 3.8) is 0 Å². The number of nitrogens with one attached hydrogen (secondary N) is 1. The van der Waals surface area contributed by atoms with E-state index in [2.05, 4.69) is 5.32 Å². The fraction of sp³-hybridized carbons (Fsp3) is 0.200. The first-order chi connectivity index (χ1) is 11.6. The van der Waals surface area contributed by atoms with Crippen LogP contribution in [-0.4, -0.2) is 11.1 Å². The highest BCUT2D eigenvalue weighted by Gasteiger charge is 2.16. The lowest BCUT2D eigenvalue weighted by molar-refractivity contribution is 0.134. The van der Waals surface area contributed by atoms with Crippen molar-refractivity contribution in [2.45, 2.75) is 25.6 Å². The highest BCUT2D eigenvalue weighted by Crippen LogP contribution is 2.25. The first kappa shape index (κ1) is 16.4. The highest BCUT2D eigenvalue weighted by molar-refractivity contribution is 5.58. The van der Waals surface area contributed by atoms with Crippen LogP contribution < -0.4 is 5.32 Å². The first-order valence-electron chi connectivity index (χ1n) is 7.95. The summed E-state index contributed by atoms with van der Waals surface area (Å²) >= 11 is 0. The van der Waals surface area contributed by atoms with E-state index in [9.17, 15) is 9.50 Å². The van der Waals surface area contributed by atoms with Crippen LogP contribution >= 0.6 is 0 Å². The molecule has 4 heteroatoms. The summed E-state index contributed by atoms with van der Waals surface area (Å²) in [7, 11) is 0. The van der Waals surface area contributed by atoms with Gasteiger partial charge < -0.3 is 14.8 Å². The zero-order valence-electron chi connectivity index (χ0n) is 13.4. The third kappa shape index (κ3) is 3.72. The summed E-state index contributed by atoms with van der Waals surface area (Å²) in [6.07, 6.45) is -0.604. The Morgan fingerprint density at radius 2 is 1.71 bits per heavy atom. The van der Waals surface area contributed by atoms with Gasteiger partial charge in [-0.2, -0.15) is 0 Å². The summed E-state index contributed by atoms with van der Waals surface area (Å²) in [6.45, 7) is 2.37. The predicted molar refractivity (Wildman–Crippen MR) is 91.8 cm³/mol. The minimum absolute atomic E-state index is 0.144. The van der Waals surface area contributed by atoms with Crippen LogP contribution in [-0.2, 0) is 6.54 Å². The van der Waals surface area contributed by atoms with E-state index < -0.39 is 6.10 Å². The van der Waals surface area contributed by atoms with E-state index in [0.717, 1.165) is 5.56 Å². The molecule has 0 spiro atoms. The Bertz CT molecular complexity index is 785. The summed E-state index contributed by atoms with van der Waals surface area (Å²) < 4.78 is 19.5. The van der Waals surface area contributed by atoms with Crippen molar-refractivity contribution < 1.29 is 13.9 Å². The van der Waals surface area contributed by atoms with E-state index in [1.807, 2.05) is 43.3 Å². The maximum absolute atomic E-state index is 13.8. The van der Waals surface area contributed by atoms with Crippen molar-refractivity contribution in [2.24, 2.45) is 0 Å². The van der Waals surface area contributed by atoms with Gasteiger partial charge in [-0.05, 0) is 36.8 Å². The van der Waals surface area contributed by atoms with Crippen molar-refractivity contribution in [2.75, 3.05) is 0 Å². The van der Waals surface area contributed by atoms with E-state index >= 15 is 0 Å². The number of furan rings is 1. The van der Waals surface area contributed by atoms with Gasteiger partial charge in [0.1, 0.15) is 17.3 Å². The molecule has 0 aliphatic heterocycles. The molecule has 0 aliphatic rings. The zero-order valence-corrected chi connectivity index (χ0v) is 13.4. The Labute approximate surface area is 140 Å². The Balaban J connectivity index is 1.62. The van der Waals surface area contributed by atoms with E-state index in [4.69, 9.17) is 4.42 Å².